The van der Waals surface area contributed by atoms with Crippen LogP contribution >= 0.6 is 0 Å². The molecule has 0 aliphatic carbocycles. The first-order valence-corrected chi connectivity index (χ1v) is 4.84. The molecule has 74 valence electrons. The van der Waals surface area contributed by atoms with E-state index in [9.17, 15) is 0 Å². The minimum atomic E-state index is 0.0412. The molecule has 3 nitrogen and oxygen atoms in total. The van der Waals surface area contributed by atoms with Crippen LogP contribution in [0.25, 0.3) is 10.9 Å². The number of rotatable bonds is 3. The molecule has 0 bridgehead atoms. The maximum atomic E-state index is 6.04. The van der Waals surface area contributed by atoms with Gasteiger partial charge in [-0.1, -0.05) is 12.1 Å². The monoisotopic (exact) mass is 189 g/mol. The summed E-state index contributed by atoms with van der Waals surface area (Å²) in [6.45, 7) is 0.627. The molecule has 0 saturated heterocycles. The predicted molar refractivity (Wildman–Crippen MR) is 58.9 cm³/mol. The van der Waals surface area contributed by atoms with Crippen LogP contribution in [0.5, 0.6) is 0 Å². The summed E-state index contributed by atoms with van der Waals surface area (Å²) in [6.07, 6.45) is 2.76. The minimum absolute atomic E-state index is 0.0412. The zero-order valence-electron chi connectivity index (χ0n) is 8.03. The summed E-state index contributed by atoms with van der Waals surface area (Å²) in [5, 5.41) is 1.20. The fourth-order valence-electron chi connectivity index (χ4n) is 1.77. The van der Waals surface area contributed by atoms with Gasteiger partial charge in [-0.2, -0.15) is 0 Å². The number of hydrogen-bond acceptors (Lipinski definition) is 2. The van der Waals surface area contributed by atoms with Crippen LogP contribution < -0.4 is 11.5 Å². The molecule has 0 aliphatic heterocycles. The lowest BCUT2D eigenvalue weighted by molar-refractivity contribution is 0.666. The molecule has 1 aromatic carbocycles. The van der Waals surface area contributed by atoms with Crippen molar-refractivity contribution in [3.63, 3.8) is 0 Å². The van der Waals surface area contributed by atoms with Crippen LogP contribution in [0.3, 0.4) is 0 Å². The highest BCUT2D eigenvalue weighted by molar-refractivity contribution is 5.83. The zero-order chi connectivity index (χ0) is 9.97. The first-order valence-electron chi connectivity index (χ1n) is 4.84. The Morgan fingerprint density at radius 1 is 1.29 bits per heavy atom. The SMILES string of the molecule is NCC[C@H](N)c1cccc2[nH]ccc12. The van der Waals surface area contributed by atoms with E-state index >= 15 is 0 Å². The highest BCUT2D eigenvalue weighted by Gasteiger charge is 2.08. The van der Waals surface area contributed by atoms with Crippen molar-refractivity contribution < 1.29 is 0 Å². The fraction of sp³-hybridized carbons (Fsp3) is 0.273. The van der Waals surface area contributed by atoms with Gasteiger partial charge in [0, 0.05) is 23.1 Å². The van der Waals surface area contributed by atoms with Crippen molar-refractivity contribution in [1.29, 1.82) is 0 Å². The van der Waals surface area contributed by atoms with Crippen molar-refractivity contribution in [3.8, 4) is 0 Å². The number of aromatic amines is 1. The van der Waals surface area contributed by atoms with Crippen molar-refractivity contribution in [2.24, 2.45) is 11.5 Å². The van der Waals surface area contributed by atoms with Crippen molar-refractivity contribution >= 4 is 10.9 Å². The summed E-state index contributed by atoms with van der Waals surface area (Å²) in [5.74, 6) is 0. The molecule has 1 atom stereocenters. The van der Waals surface area contributed by atoms with Gasteiger partial charge < -0.3 is 16.5 Å². The van der Waals surface area contributed by atoms with Crippen molar-refractivity contribution in [2.45, 2.75) is 12.5 Å². The smallest absolute Gasteiger partial charge is 0.0457 e. The van der Waals surface area contributed by atoms with E-state index in [1.54, 1.807) is 0 Å². The molecule has 5 N–H and O–H groups in total. The van der Waals surface area contributed by atoms with E-state index in [-0.39, 0.29) is 6.04 Å². The van der Waals surface area contributed by atoms with E-state index in [0.29, 0.717) is 6.54 Å². The second-order valence-corrected chi connectivity index (χ2v) is 3.47. The molecule has 14 heavy (non-hydrogen) atoms. The van der Waals surface area contributed by atoms with Gasteiger partial charge in [0.2, 0.25) is 0 Å². The quantitative estimate of drug-likeness (QED) is 0.685. The van der Waals surface area contributed by atoms with Gasteiger partial charge in [-0.3, -0.25) is 0 Å². The number of fused-ring (bicyclic) bond motifs is 1. The molecule has 0 unspecified atom stereocenters. The summed E-state index contributed by atoms with van der Waals surface area (Å²) in [5.41, 5.74) is 13.8. The number of benzene rings is 1. The summed E-state index contributed by atoms with van der Waals surface area (Å²) in [4.78, 5) is 3.17. The largest absolute Gasteiger partial charge is 0.361 e. The van der Waals surface area contributed by atoms with E-state index in [0.717, 1.165) is 11.9 Å². The Balaban J connectivity index is 2.45. The van der Waals surface area contributed by atoms with Gasteiger partial charge in [-0.15, -0.1) is 0 Å². The molecule has 0 spiro atoms. The maximum Gasteiger partial charge on any atom is 0.0457 e. The third-order valence-corrected chi connectivity index (χ3v) is 2.51. The molecule has 0 aliphatic rings. The van der Waals surface area contributed by atoms with Crippen LogP contribution in [0.4, 0.5) is 0 Å². The number of nitrogens with two attached hydrogens (primary N) is 2. The predicted octanol–water partition coefficient (Wildman–Crippen LogP) is 1.52. The van der Waals surface area contributed by atoms with Crippen molar-refractivity contribution in [3.05, 3.63) is 36.0 Å². The van der Waals surface area contributed by atoms with Crippen LogP contribution in [0.15, 0.2) is 30.5 Å². The van der Waals surface area contributed by atoms with Crippen LogP contribution in [0, 0.1) is 0 Å². The Morgan fingerprint density at radius 3 is 2.93 bits per heavy atom. The van der Waals surface area contributed by atoms with Crippen molar-refractivity contribution in [2.75, 3.05) is 6.54 Å². The van der Waals surface area contributed by atoms with E-state index in [1.165, 1.54) is 10.9 Å². The molecular formula is C11H15N3. The molecule has 3 heteroatoms. The first-order chi connectivity index (χ1) is 6.83. The van der Waals surface area contributed by atoms with E-state index in [4.69, 9.17) is 11.5 Å². The Morgan fingerprint density at radius 2 is 2.14 bits per heavy atom. The van der Waals surface area contributed by atoms with E-state index < -0.39 is 0 Å². The third kappa shape index (κ3) is 1.52. The van der Waals surface area contributed by atoms with Crippen LogP contribution in [0.2, 0.25) is 0 Å². The Bertz CT molecular complexity index is 419. The Hall–Kier alpha value is -1.32. The molecule has 0 saturated carbocycles. The topological polar surface area (TPSA) is 67.8 Å². The molecule has 0 amide bonds. The second kappa shape index (κ2) is 3.82. The maximum absolute atomic E-state index is 6.04. The second-order valence-electron chi connectivity index (χ2n) is 3.47. The van der Waals surface area contributed by atoms with Gasteiger partial charge >= 0.3 is 0 Å². The highest BCUT2D eigenvalue weighted by Crippen LogP contribution is 2.23. The zero-order valence-corrected chi connectivity index (χ0v) is 8.03. The number of nitrogens with one attached hydrogen (secondary N) is 1. The minimum Gasteiger partial charge on any atom is -0.361 e. The molecule has 1 heterocycles. The Labute approximate surface area is 83.1 Å². The summed E-state index contributed by atoms with van der Waals surface area (Å²) >= 11 is 0. The molecular weight excluding hydrogens is 174 g/mol. The summed E-state index contributed by atoms with van der Waals surface area (Å²) < 4.78 is 0. The van der Waals surface area contributed by atoms with Crippen molar-refractivity contribution in [1.82, 2.24) is 4.98 Å². The van der Waals surface area contributed by atoms with Gasteiger partial charge in [-0.25, -0.2) is 0 Å². The number of hydrogen-bond donors (Lipinski definition) is 3. The summed E-state index contributed by atoms with van der Waals surface area (Å²) in [6, 6.07) is 8.23. The molecule has 1 aromatic heterocycles. The van der Waals surface area contributed by atoms with Gasteiger partial charge in [0.1, 0.15) is 0 Å². The fourth-order valence-corrected chi connectivity index (χ4v) is 1.77. The lowest BCUT2D eigenvalue weighted by atomic mass is 10.0. The lowest BCUT2D eigenvalue weighted by Gasteiger charge is -2.11. The average Bonchev–Trinajstić information content (AvgIpc) is 2.65. The van der Waals surface area contributed by atoms with Crippen LogP contribution in [-0.4, -0.2) is 11.5 Å². The van der Waals surface area contributed by atoms with Crippen LogP contribution in [0.1, 0.15) is 18.0 Å². The number of H-pyrrole nitrogens is 1. The molecule has 2 aromatic rings. The molecule has 2 rings (SSSR count). The van der Waals surface area contributed by atoms with E-state index in [2.05, 4.69) is 17.1 Å². The van der Waals surface area contributed by atoms with Gasteiger partial charge in [0.05, 0.1) is 0 Å². The molecule has 0 radical (unpaired) electrons. The van der Waals surface area contributed by atoms with Gasteiger partial charge in [0.15, 0.2) is 0 Å². The summed E-state index contributed by atoms with van der Waals surface area (Å²) in [7, 11) is 0. The van der Waals surface area contributed by atoms with Crippen LogP contribution in [-0.2, 0) is 0 Å². The standard InChI is InChI=1S/C11H15N3/c12-6-4-10(13)8-2-1-3-11-9(8)5-7-14-11/h1-3,5,7,10,14H,4,6,12-13H2/t10-/m0/s1. The Kier molecular flexibility index (Phi) is 2.52. The molecule has 0 fully saturated rings. The third-order valence-electron chi connectivity index (χ3n) is 2.51. The first kappa shape index (κ1) is 9.24. The van der Waals surface area contributed by atoms with Gasteiger partial charge in [-0.05, 0) is 30.7 Å². The normalized spacial score (nSPS) is 13.3. The van der Waals surface area contributed by atoms with E-state index in [1.807, 2.05) is 18.3 Å². The average molecular weight is 189 g/mol. The lowest BCUT2D eigenvalue weighted by Crippen LogP contribution is -2.15. The number of aromatic nitrogens is 1. The highest BCUT2D eigenvalue weighted by atomic mass is 14.7. The van der Waals surface area contributed by atoms with Gasteiger partial charge in [0.25, 0.3) is 0 Å².